The van der Waals surface area contributed by atoms with Crippen molar-refractivity contribution < 1.29 is 72.1 Å². The third-order valence-electron chi connectivity index (χ3n) is 11.5. The average Bonchev–Trinajstić information content (AvgIpc) is 3.25. The Labute approximate surface area is 422 Å². The minimum Gasteiger partial charge on any atom is -1.00 e. The number of carbonyl (C=O) groups excluding carboxylic acids is 2. The van der Waals surface area contributed by atoms with Crippen molar-refractivity contribution in [3.05, 3.63) is 48.6 Å². The minimum atomic E-state index is -4.50. The van der Waals surface area contributed by atoms with Crippen molar-refractivity contribution in [1.29, 1.82) is 0 Å². The average molecular weight is 1010 g/mol. The van der Waals surface area contributed by atoms with E-state index in [1.807, 2.05) is 28.2 Å². The number of nitrogens with one attached hydrogen (secondary N) is 2. The minimum absolute atomic E-state index is 0. The quantitative estimate of drug-likeness (QED) is 0.0256. The second-order valence-electron chi connectivity index (χ2n) is 19.4. The second-order valence-corrected chi connectivity index (χ2v) is 20.9. The number of amides is 2. The zero-order chi connectivity index (χ0) is 48.3. The number of hydrogen-bond acceptors (Lipinski definition) is 7. The predicted molar refractivity (Wildman–Crippen MR) is 271 cm³/mol. The molecule has 0 aromatic heterocycles. The number of halogens is 2. The highest BCUT2D eigenvalue weighted by Crippen LogP contribution is 2.43. The molecular weight excluding hydrogens is 910 g/mol. The van der Waals surface area contributed by atoms with Gasteiger partial charge in [0.15, 0.2) is 0 Å². The summed E-state index contributed by atoms with van der Waals surface area (Å²) in [7, 11) is 3.30. The van der Waals surface area contributed by atoms with Crippen molar-refractivity contribution in [2.75, 3.05) is 80.7 Å². The Morgan fingerprint density at radius 1 is 0.507 bits per heavy atom. The lowest BCUT2D eigenvalue weighted by molar-refractivity contribution is -0.893. The first-order valence-electron chi connectivity index (χ1n) is 25.9. The van der Waals surface area contributed by atoms with Crippen molar-refractivity contribution in [3.8, 4) is 0 Å². The Balaban J connectivity index is -0.0000205. The normalized spacial score (nSPS) is 14.1. The van der Waals surface area contributed by atoms with Crippen LogP contribution in [0.25, 0.3) is 0 Å². The molecule has 15 heteroatoms. The Kier molecular flexibility index (Phi) is 48.7. The fourth-order valence-corrected chi connectivity index (χ4v) is 8.46. The number of allylic oxidation sites excluding steroid dienone is 8. The molecule has 0 saturated carbocycles. The molecule has 2 unspecified atom stereocenters. The number of likely N-dealkylation sites (N-methyl/N-ethyl adjacent to an activating group) is 2. The smallest absolute Gasteiger partial charge is 0.472 e. The van der Waals surface area contributed by atoms with Crippen molar-refractivity contribution in [1.82, 2.24) is 10.6 Å². The molecule has 0 bridgehead atoms. The van der Waals surface area contributed by atoms with Gasteiger partial charge in [0.2, 0.25) is 11.8 Å². The third-order valence-corrected chi connectivity index (χ3v) is 12.5. The molecule has 0 aliphatic rings. The molecule has 0 aromatic carbocycles. The van der Waals surface area contributed by atoms with Gasteiger partial charge >= 0.3 is 7.82 Å². The van der Waals surface area contributed by atoms with Crippen LogP contribution in [0.1, 0.15) is 181 Å². The van der Waals surface area contributed by atoms with Gasteiger partial charge in [-0.3, -0.25) is 18.6 Å². The summed E-state index contributed by atoms with van der Waals surface area (Å²) in [6, 6.07) is 0. The molecule has 0 radical (unpaired) electrons. The van der Waals surface area contributed by atoms with Gasteiger partial charge in [0.1, 0.15) is 25.3 Å². The summed E-state index contributed by atoms with van der Waals surface area (Å²) in [5, 5.41) is 27.1. The summed E-state index contributed by atoms with van der Waals surface area (Å²) < 4.78 is 23.6. The fourth-order valence-electron chi connectivity index (χ4n) is 7.67. The molecule has 67 heavy (non-hydrogen) atoms. The number of phosphoric ester groups is 1. The van der Waals surface area contributed by atoms with Gasteiger partial charge in [-0.25, -0.2) is 4.57 Å². The number of aliphatic hydroxyl groups excluding tert-OH is 2. The van der Waals surface area contributed by atoms with Gasteiger partial charge in [-0.1, -0.05) is 127 Å². The molecule has 2 atom stereocenters. The molecule has 0 fully saturated rings. The van der Waals surface area contributed by atoms with E-state index in [2.05, 4.69) is 73.1 Å². The first kappa shape index (κ1) is 69.7. The predicted octanol–water partition coefficient (Wildman–Crippen LogP) is 4.64. The Hall–Kier alpha value is -1.57. The van der Waals surface area contributed by atoms with E-state index in [4.69, 9.17) is 9.05 Å². The van der Waals surface area contributed by atoms with E-state index in [-0.39, 0.29) is 49.7 Å². The lowest BCUT2D eigenvalue weighted by Gasteiger charge is -2.32. The fraction of sp³-hybridized carbons (Fsp3) is 0.808. The monoisotopic (exact) mass is 1010 g/mol. The number of aliphatic hydroxyl groups is 2. The summed E-state index contributed by atoms with van der Waals surface area (Å²) in [5.74, 6) is 0.138. The van der Waals surface area contributed by atoms with Crippen LogP contribution >= 0.6 is 7.82 Å². The number of hydrogen-bond donors (Lipinski definition) is 5. The van der Waals surface area contributed by atoms with Gasteiger partial charge in [-0.05, 0) is 77.0 Å². The number of phosphoric acid groups is 1. The largest absolute Gasteiger partial charge is 1.00 e. The number of rotatable bonds is 46. The van der Waals surface area contributed by atoms with Gasteiger partial charge in [-0.15, -0.1) is 0 Å². The first-order chi connectivity index (χ1) is 31.1. The van der Waals surface area contributed by atoms with Crippen molar-refractivity contribution >= 4 is 19.6 Å². The Bertz CT molecular complexity index is 1240. The van der Waals surface area contributed by atoms with E-state index in [9.17, 15) is 29.3 Å². The molecule has 5 N–H and O–H groups in total. The molecule has 0 aromatic rings. The molecule has 0 spiro atoms. The zero-order valence-corrected chi connectivity index (χ0v) is 45.7. The van der Waals surface area contributed by atoms with E-state index < -0.39 is 33.2 Å². The molecule has 0 aliphatic heterocycles. The highest BCUT2D eigenvalue weighted by molar-refractivity contribution is 7.47. The lowest BCUT2D eigenvalue weighted by atomic mass is 10.1. The van der Waals surface area contributed by atoms with Crippen LogP contribution in [0.15, 0.2) is 48.6 Å². The molecule has 0 rings (SSSR count). The molecule has 0 aliphatic carbocycles. The molecule has 2 amide bonds. The highest BCUT2D eigenvalue weighted by atomic mass is 35.5. The van der Waals surface area contributed by atoms with Crippen LogP contribution < -0.4 is 35.4 Å². The van der Waals surface area contributed by atoms with E-state index in [1.165, 1.54) is 77.0 Å². The number of quaternary nitrogens is 2. The topological polar surface area (TPSA) is 154 Å². The number of unbranched alkanes of at least 4 members (excludes halogenated alkanes) is 16. The lowest BCUT2D eigenvalue weighted by Crippen LogP contribution is -3.00. The van der Waals surface area contributed by atoms with Crippen molar-refractivity contribution in [3.63, 3.8) is 0 Å². The maximum Gasteiger partial charge on any atom is 0.472 e. The van der Waals surface area contributed by atoms with Crippen LogP contribution in [0, 0.1) is 0 Å². The molecular formula is C52H101Cl2N4O8P. The van der Waals surface area contributed by atoms with Gasteiger partial charge in [-0.2, -0.15) is 0 Å². The van der Waals surface area contributed by atoms with Crippen LogP contribution in [-0.4, -0.2) is 129 Å². The maximum atomic E-state index is 12.5. The van der Waals surface area contributed by atoms with Gasteiger partial charge in [0.25, 0.3) is 0 Å². The van der Waals surface area contributed by atoms with E-state index in [1.54, 1.807) is 0 Å². The standard InChI is InChI=1S/C52H99N4O8P.2ClH/c1-7-9-11-13-15-17-19-21-23-25-27-29-31-33-35-39-51(59)53-41-37-43-55(3,4)45-49(57)47-63-65(61,62)64-48-50(58)46-56(5,6)44-38-42-54-52(60)40-36-34-32-30-28-26-24-22-20-18-16-14-12-10-8-2;;/h15-18,21-24,49-50,57-58H,7-14,19-20,25-48H2,1-6H3,(H-2,53,54,59,60,61,62);2*1H/b17-15-,18-16-,23-21-,24-22-;;. The molecule has 12 nitrogen and oxygen atoms in total. The third kappa shape index (κ3) is 50.6. The molecule has 396 valence electrons. The van der Waals surface area contributed by atoms with Gasteiger partial charge < -0.3 is 59.5 Å². The summed E-state index contributed by atoms with van der Waals surface area (Å²) >= 11 is 0. The van der Waals surface area contributed by atoms with Crippen LogP contribution in [0.3, 0.4) is 0 Å². The van der Waals surface area contributed by atoms with Crippen LogP contribution in [0.2, 0.25) is 0 Å². The number of carbonyl (C=O) groups is 2. The van der Waals surface area contributed by atoms with E-state index >= 15 is 0 Å². The summed E-state index contributed by atoms with van der Waals surface area (Å²) in [4.78, 5) is 34.8. The number of nitrogens with zero attached hydrogens (tertiary/aromatic N) is 2. The van der Waals surface area contributed by atoms with Crippen LogP contribution in [0.4, 0.5) is 0 Å². The molecule has 0 saturated heterocycles. The van der Waals surface area contributed by atoms with Crippen molar-refractivity contribution in [2.45, 2.75) is 193 Å². The summed E-state index contributed by atoms with van der Waals surface area (Å²) in [6.07, 6.45) is 44.1. The zero-order valence-electron chi connectivity index (χ0n) is 43.3. The SMILES string of the molecule is CCCCC/C=C\C/C=C\CCCCCCCC(=O)NCCC[N+](C)(C)CC(O)COP(=O)(O)OCC(O)C[N+](C)(C)CCCNC(=O)CCCCCCC/C=C\C/C=C\CCCCC.[Cl-].[Cl-]. The van der Waals surface area contributed by atoms with Gasteiger partial charge in [0.05, 0.1) is 54.5 Å². The Morgan fingerprint density at radius 3 is 1.16 bits per heavy atom. The summed E-state index contributed by atoms with van der Waals surface area (Å²) in [6.45, 7) is 6.74. The van der Waals surface area contributed by atoms with E-state index in [0.717, 1.165) is 77.0 Å². The second kappa shape index (κ2) is 46.8. The van der Waals surface area contributed by atoms with E-state index in [0.29, 0.717) is 48.0 Å². The van der Waals surface area contributed by atoms with Crippen LogP contribution in [-0.2, 0) is 23.2 Å². The highest BCUT2D eigenvalue weighted by Gasteiger charge is 2.29. The summed E-state index contributed by atoms with van der Waals surface area (Å²) in [5.41, 5.74) is 0. The molecule has 0 heterocycles. The van der Waals surface area contributed by atoms with Crippen molar-refractivity contribution in [2.24, 2.45) is 0 Å². The van der Waals surface area contributed by atoms with Crippen LogP contribution in [0.5, 0.6) is 0 Å². The van der Waals surface area contributed by atoms with Gasteiger partial charge in [0, 0.05) is 38.8 Å². The Morgan fingerprint density at radius 2 is 0.821 bits per heavy atom. The first-order valence-corrected chi connectivity index (χ1v) is 27.4. The maximum absolute atomic E-state index is 12.5.